The summed E-state index contributed by atoms with van der Waals surface area (Å²) in [6, 6.07) is 10.0. The molecule has 0 saturated heterocycles. The SMILES string of the molecule is N#Cc1c(NC(=O)COC(=O)CCc2nc3ccccc3s2)sc2c1CCCC2. The van der Waals surface area contributed by atoms with Crippen LogP contribution >= 0.6 is 22.7 Å². The van der Waals surface area contributed by atoms with Gasteiger partial charge in [-0.2, -0.15) is 5.26 Å². The third kappa shape index (κ3) is 4.47. The van der Waals surface area contributed by atoms with Crippen LogP contribution in [-0.2, 0) is 33.6 Å². The van der Waals surface area contributed by atoms with Gasteiger partial charge in [-0.15, -0.1) is 22.7 Å². The zero-order chi connectivity index (χ0) is 20.2. The molecular formula is C21H19N3O3S2. The average molecular weight is 426 g/mol. The molecule has 2 aromatic heterocycles. The number of anilines is 1. The fraction of sp³-hybridized carbons (Fsp3) is 0.333. The highest BCUT2D eigenvalue weighted by Crippen LogP contribution is 2.37. The zero-order valence-corrected chi connectivity index (χ0v) is 17.3. The fourth-order valence-electron chi connectivity index (χ4n) is 3.39. The minimum Gasteiger partial charge on any atom is -0.456 e. The predicted molar refractivity (Wildman–Crippen MR) is 113 cm³/mol. The molecule has 1 aliphatic carbocycles. The van der Waals surface area contributed by atoms with Gasteiger partial charge in [0.15, 0.2) is 6.61 Å². The molecule has 0 bridgehead atoms. The Morgan fingerprint density at radius 3 is 2.86 bits per heavy atom. The second kappa shape index (κ2) is 8.72. The van der Waals surface area contributed by atoms with Crippen LogP contribution in [0.1, 0.15) is 40.3 Å². The van der Waals surface area contributed by atoms with E-state index in [-0.39, 0.29) is 13.0 Å². The number of para-hydroxylation sites is 1. The summed E-state index contributed by atoms with van der Waals surface area (Å²) in [7, 11) is 0. The maximum atomic E-state index is 12.2. The van der Waals surface area contributed by atoms with Gasteiger partial charge in [0.1, 0.15) is 11.1 Å². The third-order valence-corrected chi connectivity index (χ3v) is 7.08. The third-order valence-electron chi connectivity index (χ3n) is 4.78. The number of thiophene rings is 1. The van der Waals surface area contributed by atoms with Crippen LogP contribution in [0.4, 0.5) is 5.00 Å². The van der Waals surface area contributed by atoms with Gasteiger partial charge >= 0.3 is 5.97 Å². The van der Waals surface area contributed by atoms with Gasteiger partial charge in [-0.05, 0) is 43.4 Å². The molecule has 0 atom stereocenters. The van der Waals surface area contributed by atoms with Gasteiger partial charge < -0.3 is 10.1 Å². The Morgan fingerprint density at radius 1 is 1.21 bits per heavy atom. The average Bonchev–Trinajstić information content (AvgIpc) is 3.30. The number of carbonyl (C=O) groups is 2. The Morgan fingerprint density at radius 2 is 2.03 bits per heavy atom. The molecule has 29 heavy (non-hydrogen) atoms. The van der Waals surface area contributed by atoms with Crippen molar-refractivity contribution in [3.63, 3.8) is 0 Å². The highest BCUT2D eigenvalue weighted by atomic mass is 32.1. The van der Waals surface area contributed by atoms with Gasteiger partial charge in [0, 0.05) is 11.3 Å². The van der Waals surface area contributed by atoms with Gasteiger partial charge in [-0.25, -0.2) is 4.98 Å². The molecule has 8 heteroatoms. The monoisotopic (exact) mass is 425 g/mol. The van der Waals surface area contributed by atoms with E-state index in [0.717, 1.165) is 46.5 Å². The number of carbonyl (C=O) groups excluding carboxylic acids is 2. The van der Waals surface area contributed by atoms with Crippen LogP contribution in [0, 0.1) is 11.3 Å². The molecule has 0 unspecified atom stereocenters. The Labute approximate surface area is 176 Å². The Hall–Kier alpha value is -2.76. The standard InChI is InChI=1S/C21H19N3O3S2/c22-11-14-13-5-1-3-7-16(13)29-21(14)24-18(25)12-27-20(26)10-9-19-23-15-6-2-4-8-17(15)28-19/h2,4,6,8H,1,3,5,7,9-10,12H2,(H,24,25). The van der Waals surface area contributed by atoms with Crippen molar-refractivity contribution in [3.8, 4) is 6.07 Å². The van der Waals surface area contributed by atoms with Crippen LogP contribution in [0.5, 0.6) is 0 Å². The van der Waals surface area contributed by atoms with Crippen molar-refractivity contribution in [2.75, 3.05) is 11.9 Å². The largest absolute Gasteiger partial charge is 0.456 e. The molecule has 4 rings (SSSR count). The Balaban J connectivity index is 1.28. The quantitative estimate of drug-likeness (QED) is 0.597. The number of fused-ring (bicyclic) bond motifs is 2. The predicted octanol–water partition coefficient (Wildman–Crippen LogP) is 4.22. The molecular weight excluding hydrogens is 406 g/mol. The number of esters is 1. The summed E-state index contributed by atoms with van der Waals surface area (Å²) in [6.45, 7) is -0.355. The molecule has 0 fully saturated rings. The van der Waals surface area contributed by atoms with E-state index in [1.807, 2.05) is 24.3 Å². The van der Waals surface area contributed by atoms with Crippen molar-refractivity contribution in [1.29, 1.82) is 5.26 Å². The van der Waals surface area contributed by atoms with Crippen LogP contribution < -0.4 is 5.32 Å². The number of rotatable bonds is 6. The summed E-state index contributed by atoms with van der Waals surface area (Å²) in [5.41, 5.74) is 2.54. The first-order valence-corrected chi connectivity index (χ1v) is 11.1. The number of hydrogen-bond donors (Lipinski definition) is 1. The molecule has 1 N–H and O–H groups in total. The van der Waals surface area contributed by atoms with Crippen LogP contribution in [0.2, 0.25) is 0 Å². The van der Waals surface area contributed by atoms with Crippen LogP contribution in [0.25, 0.3) is 10.2 Å². The summed E-state index contributed by atoms with van der Waals surface area (Å²) in [6.07, 6.45) is 4.66. The van der Waals surface area contributed by atoms with E-state index >= 15 is 0 Å². The maximum Gasteiger partial charge on any atom is 0.306 e. The Bertz CT molecular complexity index is 1080. The molecule has 1 amide bonds. The number of hydrogen-bond acceptors (Lipinski definition) is 7. The summed E-state index contributed by atoms with van der Waals surface area (Å²) in [4.78, 5) is 29.8. The van der Waals surface area contributed by atoms with Crippen molar-refractivity contribution in [1.82, 2.24) is 4.98 Å². The highest BCUT2D eigenvalue weighted by molar-refractivity contribution is 7.18. The molecule has 1 aromatic carbocycles. The number of nitriles is 1. The molecule has 1 aliphatic rings. The topological polar surface area (TPSA) is 92.1 Å². The molecule has 0 aliphatic heterocycles. The summed E-state index contributed by atoms with van der Waals surface area (Å²) < 4.78 is 6.18. The smallest absolute Gasteiger partial charge is 0.306 e. The number of thiazole rings is 1. The first-order chi connectivity index (χ1) is 14.1. The number of amides is 1. The summed E-state index contributed by atoms with van der Waals surface area (Å²) in [5.74, 6) is -0.862. The lowest BCUT2D eigenvalue weighted by molar-refractivity contribution is -0.147. The second-order valence-electron chi connectivity index (χ2n) is 6.81. The number of ether oxygens (including phenoxy) is 1. The lowest BCUT2D eigenvalue weighted by Gasteiger charge is -2.09. The minimum atomic E-state index is -0.439. The van der Waals surface area contributed by atoms with E-state index in [0.29, 0.717) is 17.0 Å². The number of benzene rings is 1. The van der Waals surface area contributed by atoms with E-state index in [2.05, 4.69) is 16.4 Å². The number of nitrogens with one attached hydrogen (secondary N) is 1. The maximum absolute atomic E-state index is 12.2. The van der Waals surface area contributed by atoms with Gasteiger partial charge in [0.2, 0.25) is 0 Å². The first-order valence-electron chi connectivity index (χ1n) is 9.48. The lowest BCUT2D eigenvalue weighted by atomic mass is 9.96. The van der Waals surface area contributed by atoms with E-state index in [1.54, 1.807) is 11.3 Å². The van der Waals surface area contributed by atoms with Crippen molar-refractivity contribution in [2.24, 2.45) is 0 Å². The minimum absolute atomic E-state index is 0.170. The van der Waals surface area contributed by atoms with Gasteiger partial charge in [-0.3, -0.25) is 9.59 Å². The van der Waals surface area contributed by atoms with E-state index < -0.39 is 11.9 Å². The molecule has 2 heterocycles. The summed E-state index contributed by atoms with van der Waals surface area (Å²) >= 11 is 3.01. The first kappa shape index (κ1) is 19.6. The molecule has 6 nitrogen and oxygen atoms in total. The van der Waals surface area contributed by atoms with Crippen molar-refractivity contribution >= 4 is 49.8 Å². The molecule has 0 spiro atoms. The molecule has 148 valence electrons. The van der Waals surface area contributed by atoms with Gasteiger partial charge in [0.05, 0.1) is 27.2 Å². The van der Waals surface area contributed by atoms with E-state index in [4.69, 9.17) is 4.74 Å². The Kier molecular flexibility index (Phi) is 5.88. The molecule has 3 aromatic rings. The lowest BCUT2D eigenvalue weighted by Crippen LogP contribution is -2.21. The van der Waals surface area contributed by atoms with Crippen LogP contribution in [0.15, 0.2) is 24.3 Å². The van der Waals surface area contributed by atoms with Crippen molar-refractivity contribution in [3.05, 3.63) is 45.3 Å². The highest BCUT2D eigenvalue weighted by Gasteiger charge is 2.22. The van der Waals surface area contributed by atoms with Crippen molar-refractivity contribution in [2.45, 2.75) is 38.5 Å². The van der Waals surface area contributed by atoms with E-state index in [1.165, 1.54) is 16.2 Å². The van der Waals surface area contributed by atoms with Gasteiger partial charge in [-0.1, -0.05) is 12.1 Å². The van der Waals surface area contributed by atoms with Crippen molar-refractivity contribution < 1.29 is 14.3 Å². The molecule has 0 saturated carbocycles. The summed E-state index contributed by atoms with van der Waals surface area (Å²) in [5, 5.41) is 13.6. The normalized spacial score (nSPS) is 12.9. The van der Waals surface area contributed by atoms with Crippen LogP contribution in [0.3, 0.4) is 0 Å². The van der Waals surface area contributed by atoms with Crippen LogP contribution in [-0.4, -0.2) is 23.5 Å². The number of nitrogens with zero attached hydrogens (tertiary/aromatic N) is 2. The van der Waals surface area contributed by atoms with E-state index in [9.17, 15) is 14.9 Å². The second-order valence-corrected chi connectivity index (χ2v) is 9.03. The molecule has 0 radical (unpaired) electrons. The van der Waals surface area contributed by atoms with Gasteiger partial charge in [0.25, 0.3) is 5.91 Å². The number of aromatic nitrogens is 1. The zero-order valence-electron chi connectivity index (χ0n) is 15.7. The number of aryl methyl sites for hydroxylation is 2. The fourth-order valence-corrected chi connectivity index (χ4v) is 5.61.